The Bertz CT molecular complexity index is 630. The summed E-state index contributed by atoms with van der Waals surface area (Å²) < 4.78 is 14.6. The summed E-state index contributed by atoms with van der Waals surface area (Å²) >= 11 is 0. The van der Waals surface area contributed by atoms with Gasteiger partial charge in [-0.1, -0.05) is 25.3 Å². The molecule has 2 N–H and O–H groups in total. The Morgan fingerprint density at radius 3 is 2.71 bits per heavy atom. The van der Waals surface area contributed by atoms with Crippen molar-refractivity contribution in [1.82, 2.24) is 0 Å². The third kappa shape index (κ3) is 2.55. The Morgan fingerprint density at radius 2 is 2.00 bits per heavy atom. The summed E-state index contributed by atoms with van der Waals surface area (Å²) in [5.41, 5.74) is 7.34. The number of rotatable bonds is 2. The van der Waals surface area contributed by atoms with Gasteiger partial charge in [0.1, 0.15) is 5.82 Å². The van der Waals surface area contributed by atoms with E-state index in [1.165, 1.54) is 0 Å². The van der Waals surface area contributed by atoms with Crippen LogP contribution in [0.1, 0.15) is 50.5 Å². The summed E-state index contributed by atoms with van der Waals surface area (Å²) in [6.45, 7) is 1.24. The van der Waals surface area contributed by atoms with Gasteiger partial charge in [0, 0.05) is 23.4 Å². The Morgan fingerprint density at radius 1 is 1.25 bits per heavy atom. The Hall–Kier alpha value is -1.13. The molecule has 132 valence electrons. The van der Waals surface area contributed by atoms with Crippen molar-refractivity contribution in [2.75, 3.05) is 18.0 Å². The molecule has 1 amide bonds. The largest absolute Gasteiger partial charge is 0.330 e. The van der Waals surface area contributed by atoms with Crippen molar-refractivity contribution in [2.45, 2.75) is 50.4 Å². The minimum atomic E-state index is -0.146. The molecule has 2 saturated carbocycles. The molecule has 1 spiro atoms. The topological polar surface area (TPSA) is 46.3 Å². The zero-order valence-corrected chi connectivity index (χ0v) is 14.8. The number of carbonyl (C=O) groups excluding carboxylic acids is 1. The van der Waals surface area contributed by atoms with Crippen LogP contribution in [0, 0.1) is 17.7 Å². The standard InChI is InChI=1S/C19H25FN2O.ClH/c20-15-7-4-8-16-17(15)19(9-1-2-10-19)12-22(16)18(23)14-6-3-5-13(14)11-21;/h4,7-8,13-14H,1-3,5-6,9-12,21H2;1H/t13-,14-;/m1./s1. The highest BCUT2D eigenvalue weighted by atomic mass is 35.5. The van der Waals surface area contributed by atoms with Crippen LogP contribution >= 0.6 is 12.4 Å². The molecule has 5 heteroatoms. The fraction of sp³-hybridized carbons (Fsp3) is 0.632. The summed E-state index contributed by atoms with van der Waals surface area (Å²) in [5, 5.41) is 0. The highest BCUT2D eigenvalue weighted by molar-refractivity contribution is 5.98. The van der Waals surface area contributed by atoms with Gasteiger partial charge in [0.25, 0.3) is 0 Å². The molecule has 3 aliphatic rings. The normalized spacial score (nSPS) is 27.3. The first-order chi connectivity index (χ1) is 11.2. The van der Waals surface area contributed by atoms with Crippen LogP contribution in [0.5, 0.6) is 0 Å². The molecule has 1 aromatic carbocycles. The van der Waals surface area contributed by atoms with Crippen molar-refractivity contribution in [3.05, 3.63) is 29.6 Å². The van der Waals surface area contributed by atoms with E-state index in [9.17, 15) is 9.18 Å². The highest BCUT2D eigenvalue weighted by Crippen LogP contribution is 2.52. The average Bonchev–Trinajstić information content (AvgIpc) is 3.27. The molecular weight excluding hydrogens is 327 g/mol. The van der Waals surface area contributed by atoms with E-state index < -0.39 is 0 Å². The lowest BCUT2D eigenvalue weighted by molar-refractivity contribution is -0.123. The molecule has 0 saturated heterocycles. The molecule has 0 unspecified atom stereocenters. The number of hydrogen-bond acceptors (Lipinski definition) is 2. The van der Waals surface area contributed by atoms with Gasteiger partial charge in [0.2, 0.25) is 5.91 Å². The molecule has 2 fully saturated rings. The predicted molar refractivity (Wildman–Crippen MR) is 96.0 cm³/mol. The summed E-state index contributed by atoms with van der Waals surface area (Å²) in [6, 6.07) is 5.21. The van der Waals surface area contributed by atoms with Crippen molar-refractivity contribution in [3.8, 4) is 0 Å². The number of benzene rings is 1. The molecule has 1 aliphatic heterocycles. The lowest BCUT2D eigenvalue weighted by Crippen LogP contribution is -2.41. The van der Waals surface area contributed by atoms with Gasteiger partial charge >= 0.3 is 0 Å². The van der Waals surface area contributed by atoms with Crippen molar-refractivity contribution in [2.24, 2.45) is 17.6 Å². The van der Waals surface area contributed by atoms with E-state index in [2.05, 4.69) is 0 Å². The van der Waals surface area contributed by atoms with Gasteiger partial charge < -0.3 is 10.6 Å². The van der Waals surface area contributed by atoms with Crippen LogP contribution in [0.15, 0.2) is 18.2 Å². The Balaban J connectivity index is 0.00000169. The first-order valence-electron chi connectivity index (χ1n) is 8.97. The Labute approximate surface area is 149 Å². The molecule has 2 atom stereocenters. The number of nitrogens with zero attached hydrogens (tertiary/aromatic N) is 1. The number of anilines is 1. The third-order valence-electron chi connectivity index (χ3n) is 6.38. The molecule has 3 nitrogen and oxygen atoms in total. The molecule has 0 radical (unpaired) electrons. The maximum absolute atomic E-state index is 14.6. The lowest BCUT2D eigenvalue weighted by atomic mass is 9.80. The van der Waals surface area contributed by atoms with Gasteiger partial charge in [-0.3, -0.25) is 4.79 Å². The minimum absolute atomic E-state index is 0. The van der Waals surface area contributed by atoms with Crippen LogP contribution in [0.25, 0.3) is 0 Å². The van der Waals surface area contributed by atoms with E-state index in [1.54, 1.807) is 12.1 Å². The highest BCUT2D eigenvalue weighted by Gasteiger charge is 2.49. The summed E-state index contributed by atoms with van der Waals surface area (Å²) in [6.07, 6.45) is 7.30. The molecule has 1 heterocycles. The number of fused-ring (bicyclic) bond motifs is 2. The van der Waals surface area contributed by atoms with E-state index >= 15 is 0 Å². The second-order valence-corrected chi connectivity index (χ2v) is 7.58. The van der Waals surface area contributed by atoms with E-state index in [0.717, 1.165) is 56.2 Å². The van der Waals surface area contributed by atoms with Crippen LogP contribution in [-0.2, 0) is 10.2 Å². The molecule has 1 aromatic rings. The fourth-order valence-electron chi connectivity index (χ4n) is 5.23. The van der Waals surface area contributed by atoms with Gasteiger partial charge in [-0.05, 0) is 50.3 Å². The summed E-state index contributed by atoms with van der Waals surface area (Å²) in [7, 11) is 0. The number of nitrogens with two attached hydrogens (primary N) is 1. The molecule has 0 aromatic heterocycles. The van der Waals surface area contributed by atoms with Crippen LogP contribution in [0.3, 0.4) is 0 Å². The van der Waals surface area contributed by atoms with Crippen molar-refractivity contribution < 1.29 is 9.18 Å². The molecule has 4 rings (SSSR count). The molecular formula is C19H26ClFN2O. The van der Waals surface area contributed by atoms with Crippen molar-refractivity contribution in [3.63, 3.8) is 0 Å². The number of carbonyl (C=O) groups is 1. The SMILES string of the molecule is Cl.NC[C@H]1CCC[C@H]1C(=O)N1CC2(CCCC2)c2c(F)cccc21. The van der Waals surface area contributed by atoms with E-state index in [0.29, 0.717) is 19.0 Å². The zero-order chi connectivity index (χ0) is 16.0. The molecule has 24 heavy (non-hydrogen) atoms. The van der Waals surface area contributed by atoms with Gasteiger partial charge in [0.15, 0.2) is 0 Å². The summed E-state index contributed by atoms with van der Waals surface area (Å²) in [5.74, 6) is 0.349. The maximum Gasteiger partial charge on any atom is 0.230 e. The number of amides is 1. The van der Waals surface area contributed by atoms with E-state index in [1.807, 2.05) is 11.0 Å². The summed E-state index contributed by atoms with van der Waals surface area (Å²) in [4.78, 5) is 15.1. The minimum Gasteiger partial charge on any atom is -0.330 e. The Kier molecular flexibility index (Phi) is 4.89. The second-order valence-electron chi connectivity index (χ2n) is 7.58. The lowest BCUT2D eigenvalue weighted by Gasteiger charge is -2.27. The van der Waals surface area contributed by atoms with Crippen LogP contribution in [-0.4, -0.2) is 19.0 Å². The van der Waals surface area contributed by atoms with Crippen molar-refractivity contribution in [1.29, 1.82) is 0 Å². The van der Waals surface area contributed by atoms with Crippen LogP contribution < -0.4 is 10.6 Å². The van der Waals surface area contributed by atoms with E-state index in [4.69, 9.17) is 5.73 Å². The second kappa shape index (κ2) is 6.64. The molecule has 0 bridgehead atoms. The van der Waals surface area contributed by atoms with Gasteiger partial charge in [-0.15, -0.1) is 12.4 Å². The third-order valence-corrected chi connectivity index (χ3v) is 6.38. The van der Waals surface area contributed by atoms with E-state index in [-0.39, 0.29) is 35.5 Å². The van der Waals surface area contributed by atoms with Crippen LogP contribution in [0.2, 0.25) is 0 Å². The van der Waals surface area contributed by atoms with Crippen molar-refractivity contribution >= 4 is 24.0 Å². The van der Waals surface area contributed by atoms with Gasteiger partial charge in [-0.25, -0.2) is 4.39 Å². The monoisotopic (exact) mass is 352 g/mol. The fourth-order valence-corrected chi connectivity index (χ4v) is 5.23. The van der Waals surface area contributed by atoms with Crippen LogP contribution in [0.4, 0.5) is 10.1 Å². The van der Waals surface area contributed by atoms with Gasteiger partial charge in [0.05, 0.1) is 5.69 Å². The molecule has 2 aliphatic carbocycles. The maximum atomic E-state index is 14.6. The smallest absolute Gasteiger partial charge is 0.230 e. The first-order valence-corrected chi connectivity index (χ1v) is 8.97. The first kappa shape index (κ1) is 17.7. The number of halogens is 2. The number of hydrogen-bond donors (Lipinski definition) is 1. The quantitative estimate of drug-likeness (QED) is 0.880. The van der Waals surface area contributed by atoms with Gasteiger partial charge in [-0.2, -0.15) is 0 Å². The average molecular weight is 353 g/mol. The zero-order valence-electron chi connectivity index (χ0n) is 14.0. The predicted octanol–water partition coefficient (Wildman–Crippen LogP) is 3.78.